The number of aryl methyl sites for hydroxylation is 1. The second kappa shape index (κ2) is 9.50. The standard InChI is InChI=1S/C24H23FN2O5S/c1-31-20-10-12-22(13-11-20)33(29,30)27-14-2-3-17-4-7-19(15-23(17)27)26-24(28)16-32-21-8-5-18(25)6-9-21/h4-13,15H,2-3,14,16H2,1H3,(H,26,28). The van der Waals surface area contributed by atoms with Crippen LogP contribution < -0.4 is 19.1 Å². The van der Waals surface area contributed by atoms with Crippen LogP contribution >= 0.6 is 0 Å². The summed E-state index contributed by atoms with van der Waals surface area (Å²) >= 11 is 0. The zero-order valence-corrected chi connectivity index (χ0v) is 18.8. The van der Waals surface area contributed by atoms with E-state index in [1.54, 1.807) is 24.3 Å². The van der Waals surface area contributed by atoms with E-state index in [9.17, 15) is 17.6 Å². The molecule has 0 atom stereocenters. The number of hydrogen-bond acceptors (Lipinski definition) is 5. The van der Waals surface area contributed by atoms with Crippen LogP contribution in [0.4, 0.5) is 15.8 Å². The van der Waals surface area contributed by atoms with Gasteiger partial charge in [0.2, 0.25) is 0 Å². The van der Waals surface area contributed by atoms with E-state index in [2.05, 4.69) is 5.32 Å². The first-order valence-corrected chi connectivity index (χ1v) is 11.8. The molecule has 1 N–H and O–H groups in total. The number of fused-ring (bicyclic) bond motifs is 1. The van der Waals surface area contributed by atoms with Crippen molar-refractivity contribution in [3.05, 3.63) is 78.1 Å². The van der Waals surface area contributed by atoms with E-state index >= 15 is 0 Å². The Labute approximate surface area is 191 Å². The van der Waals surface area contributed by atoms with Gasteiger partial charge in [0.05, 0.1) is 17.7 Å². The molecule has 1 heterocycles. The van der Waals surface area contributed by atoms with Crippen LogP contribution in [-0.2, 0) is 21.2 Å². The molecular formula is C24H23FN2O5S. The van der Waals surface area contributed by atoms with Crippen molar-refractivity contribution >= 4 is 27.3 Å². The molecule has 0 aliphatic carbocycles. The number of methoxy groups -OCH3 is 1. The lowest BCUT2D eigenvalue weighted by molar-refractivity contribution is -0.118. The van der Waals surface area contributed by atoms with E-state index in [1.807, 2.05) is 6.07 Å². The van der Waals surface area contributed by atoms with Gasteiger partial charge in [-0.25, -0.2) is 12.8 Å². The van der Waals surface area contributed by atoms with Crippen molar-refractivity contribution in [2.24, 2.45) is 0 Å². The Morgan fingerprint density at radius 2 is 1.73 bits per heavy atom. The molecule has 0 unspecified atom stereocenters. The molecule has 4 rings (SSSR count). The highest BCUT2D eigenvalue weighted by molar-refractivity contribution is 7.92. The van der Waals surface area contributed by atoms with Crippen LogP contribution in [0.2, 0.25) is 0 Å². The quantitative estimate of drug-likeness (QED) is 0.564. The lowest BCUT2D eigenvalue weighted by Crippen LogP contribution is -2.35. The number of carbonyl (C=O) groups excluding carboxylic acids is 1. The number of carbonyl (C=O) groups is 1. The normalized spacial score (nSPS) is 13.2. The molecule has 0 bridgehead atoms. The third kappa shape index (κ3) is 5.09. The van der Waals surface area contributed by atoms with E-state index in [0.717, 1.165) is 12.0 Å². The Bertz CT molecular complexity index is 1240. The zero-order valence-electron chi connectivity index (χ0n) is 18.0. The van der Waals surface area contributed by atoms with Crippen molar-refractivity contribution in [2.45, 2.75) is 17.7 Å². The first kappa shape index (κ1) is 22.6. The molecule has 0 spiro atoms. The summed E-state index contributed by atoms with van der Waals surface area (Å²) < 4.78 is 51.5. The van der Waals surface area contributed by atoms with E-state index in [0.29, 0.717) is 35.8 Å². The molecule has 1 aliphatic heterocycles. The average molecular weight is 471 g/mol. The van der Waals surface area contributed by atoms with E-state index in [4.69, 9.17) is 9.47 Å². The molecule has 0 radical (unpaired) electrons. The largest absolute Gasteiger partial charge is 0.497 e. The van der Waals surface area contributed by atoms with Gasteiger partial charge in [-0.2, -0.15) is 0 Å². The minimum absolute atomic E-state index is 0.165. The SMILES string of the molecule is COc1ccc(S(=O)(=O)N2CCCc3ccc(NC(=O)COc4ccc(F)cc4)cc32)cc1. The molecule has 7 nitrogen and oxygen atoms in total. The third-order valence-electron chi connectivity index (χ3n) is 5.28. The highest BCUT2D eigenvalue weighted by Gasteiger charge is 2.29. The molecule has 0 saturated heterocycles. The van der Waals surface area contributed by atoms with Gasteiger partial charge in [0.1, 0.15) is 17.3 Å². The molecule has 172 valence electrons. The zero-order chi connectivity index (χ0) is 23.4. The summed E-state index contributed by atoms with van der Waals surface area (Å²) in [7, 11) is -2.27. The Kier molecular flexibility index (Phi) is 6.50. The highest BCUT2D eigenvalue weighted by atomic mass is 32.2. The number of rotatable bonds is 7. The molecule has 0 aromatic heterocycles. The van der Waals surface area contributed by atoms with Gasteiger partial charge in [-0.15, -0.1) is 0 Å². The highest BCUT2D eigenvalue weighted by Crippen LogP contribution is 2.34. The van der Waals surface area contributed by atoms with Crippen molar-refractivity contribution in [3.8, 4) is 11.5 Å². The predicted octanol–water partition coefficient (Wildman–Crippen LogP) is 3.99. The van der Waals surface area contributed by atoms with Crippen molar-refractivity contribution in [1.29, 1.82) is 0 Å². The van der Waals surface area contributed by atoms with E-state index in [-0.39, 0.29) is 11.5 Å². The molecule has 33 heavy (non-hydrogen) atoms. The first-order chi connectivity index (χ1) is 15.9. The van der Waals surface area contributed by atoms with E-state index < -0.39 is 21.7 Å². The van der Waals surface area contributed by atoms with Crippen LogP contribution in [0.3, 0.4) is 0 Å². The molecule has 0 saturated carbocycles. The van der Waals surface area contributed by atoms with Crippen molar-refractivity contribution in [3.63, 3.8) is 0 Å². The van der Waals surface area contributed by atoms with Crippen LogP contribution in [0.15, 0.2) is 71.6 Å². The summed E-state index contributed by atoms with van der Waals surface area (Å²) in [6.07, 6.45) is 1.44. The average Bonchev–Trinajstić information content (AvgIpc) is 2.83. The van der Waals surface area contributed by atoms with Gasteiger partial charge in [0, 0.05) is 12.2 Å². The van der Waals surface area contributed by atoms with Gasteiger partial charge in [-0.05, 0) is 79.1 Å². The summed E-state index contributed by atoms with van der Waals surface area (Å²) in [6.45, 7) is 0.0724. The fourth-order valence-electron chi connectivity index (χ4n) is 3.62. The number of amides is 1. The maximum atomic E-state index is 13.3. The number of ether oxygens (including phenoxy) is 2. The van der Waals surface area contributed by atoms with Crippen LogP contribution in [-0.4, -0.2) is 34.6 Å². The van der Waals surface area contributed by atoms with Gasteiger partial charge >= 0.3 is 0 Å². The maximum absolute atomic E-state index is 13.3. The second-order valence-corrected chi connectivity index (χ2v) is 9.35. The monoisotopic (exact) mass is 470 g/mol. The van der Waals surface area contributed by atoms with Crippen molar-refractivity contribution in [2.75, 3.05) is 29.9 Å². The number of nitrogens with zero attached hydrogens (tertiary/aromatic N) is 1. The molecular weight excluding hydrogens is 447 g/mol. The molecule has 3 aromatic rings. The Balaban J connectivity index is 1.51. The van der Waals surface area contributed by atoms with Gasteiger partial charge in [-0.3, -0.25) is 9.10 Å². The van der Waals surface area contributed by atoms with Crippen LogP contribution in [0.1, 0.15) is 12.0 Å². The minimum Gasteiger partial charge on any atom is -0.497 e. The Morgan fingerprint density at radius 1 is 1.03 bits per heavy atom. The number of benzene rings is 3. The molecule has 0 fully saturated rings. The third-order valence-corrected chi connectivity index (χ3v) is 7.10. The Hall–Kier alpha value is -3.59. The number of halogens is 1. The van der Waals surface area contributed by atoms with Gasteiger partial charge in [-0.1, -0.05) is 6.07 Å². The first-order valence-electron chi connectivity index (χ1n) is 10.3. The summed E-state index contributed by atoms with van der Waals surface area (Å²) in [6, 6.07) is 16.8. The van der Waals surface area contributed by atoms with Crippen LogP contribution in [0.25, 0.3) is 0 Å². The maximum Gasteiger partial charge on any atom is 0.264 e. The summed E-state index contributed by atoms with van der Waals surface area (Å²) in [5.41, 5.74) is 1.88. The number of sulfonamides is 1. The lowest BCUT2D eigenvalue weighted by Gasteiger charge is -2.31. The lowest BCUT2D eigenvalue weighted by atomic mass is 10.0. The minimum atomic E-state index is -3.79. The number of nitrogens with one attached hydrogen (secondary N) is 1. The summed E-state index contributed by atoms with van der Waals surface area (Å²) in [5.74, 6) is 0.129. The number of anilines is 2. The van der Waals surface area contributed by atoms with E-state index in [1.165, 1.54) is 47.8 Å². The van der Waals surface area contributed by atoms with Gasteiger partial charge < -0.3 is 14.8 Å². The summed E-state index contributed by atoms with van der Waals surface area (Å²) in [4.78, 5) is 12.5. The van der Waals surface area contributed by atoms with Crippen LogP contribution in [0.5, 0.6) is 11.5 Å². The molecule has 1 aliphatic rings. The molecule has 1 amide bonds. The smallest absolute Gasteiger partial charge is 0.264 e. The second-order valence-electron chi connectivity index (χ2n) is 7.49. The van der Waals surface area contributed by atoms with Gasteiger partial charge in [0.15, 0.2) is 6.61 Å². The topological polar surface area (TPSA) is 84.9 Å². The van der Waals surface area contributed by atoms with Gasteiger partial charge in [0.25, 0.3) is 15.9 Å². The fourth-order valence-corrected chi connectivity index (χ4v) is 5.15. The molecule has 9 heteroatoms. The van der Waals surface area contributed by atoms with Crippen LogP contribution in [0, 0.1) is 5.82 Å². The van der Waals surface area contributed by atoms with Crippen molar-refractivity contribution < 1.29 is 27.1 Å². The summed E-state index contributed by atoms with van der Waals surface area (Å²) in [5, 5.41) is 2.72. The number of hydrogen-bond donors (Lipinski definition) is 1. The Morgan fingerprint density at radius 3 is 2.42 bits per heavy atom. The van der Waals surface area contributed by atoms with Crippen molar-refractivity contribution in [1.82, 2.24) is 0 Å². The molecule has 3 aromatic carbocycles. The fraction of sp³-hybridized carbons (Fsp3) is 0.208. The predicted molar refractivity (Wildman–Crippen MR) is 123 cm³/mol.